The summed E-state index contributed by atoms with van der Waals surface area (Å²) in [7, 11) is 0. The molecule has 0 radical (unpaired) electrons. The molecule has 1 aromatic carbocycles. The minimum atomic E-state index is -0.774. The van der Waals surface area contributed by atoms with Crippen molar-refractivity contribution in [2.75, 3.05) is 5.32 Å². The number of thiophene rings is 2. The lowest BCUT2D eigenvalue weighted by molar-refractivity contribution is -0.139. The topological polar surface area (TPSA) is 130 Å². The Kier molecular flexibility index (Phi) is 5.73. The summed E-state index contributed by atoms with van der Waals surface area (Å²) < 4.78 is 8.21. The van der Waals surface area contributed by atoms with Crippen LogP contribution < -0.4 is 5.32 Å². The summed E-state index contributed by atoms with van der Waals surface area (Å²) in [6.07, 6.45) is 1.88. The second-order valence-corrected chi connectivity index (χ2v) is 10.1. The fraction of sp³-hybridized carbons (Fsp3) is 0.208. The van der Waals surface area contributed by atoms with E-state index in [0.717, 1.165) is 29.4 Å². The van der Waals surface area contributed by atoms with Gasteiger partial charge in [0.15, 0.2) is 11.5 Å². The van der Waals surface area contributed by atoms with Gasteiger partial charge in [0.1, 0.15) is 11.5 Å². The van der Waals surface area contributed by atoms with Crippen LogP contribution in [0.1, 0.15) is 46.9 Å². The molecule has 1 aliphatic carbocycles. The molecule has 1 atom stereocenters. The Morgan fingerprint density at radius 3 is 2.60 bits per heavy atom. The number of carbonyl (C=O) groups is 2. The molecule has 0 spiro atoms. The Balaban J connectivity index is 1.33. The third kappa shape index (κ3) is 4.35. The van der Waals surface area contributed by atoms with Gasteiger partial charge in [-0.25, -0.2) is 4.79 Å². The van der Waals surface area contributed by atoms with Crippen LogP contribution in [0, 0.1) is 23.3 Å². The molecule has 3 heterocycles. The first-order chi connectivity index (χ1) is 16.9. The summed E-state index contributed by atoms with van der Waals surface area (Å²) in [4.78, 5) is 25.6. The number of carboxylic acids is 1. The second kappa shape index (κ2) is 8.87. The molecule has 1 unspecified atom stereocenters. The van der Waals surface area contributed by atoms with Crippen molar-refractivity contribution in [2.24, 2.45) is 0 Å². The van der Waals surface area contributed by atoms with E-state index in [9.17, 15) is 20.0 Å². The maximum Gasteiger partial charge on any atom is 0.413 e. The number of carbonyl (C=O) groups excluding carboxylic acids is 1. The lowest BCUT2D eigenvalue weighted by Gasteiger charge is -2.13. The number of hydrogen-bond donors (Lipinski definition) is 2. The third-order valence-electron chi connectivity index (χ3n) is 5.68. The minimum absolute atomic E-state index is 0.0167. The summed E-state index contributed by atoms with van der Waals surface area (Å²) in [5, 5.41) is 29.0. The number of aromatic nitrogens is 3. The molecule has 1 aliphatic rings. The summed E-state index contributed by atoms with van der Waals surface area (Å²) in [5.41, 5.74) is 0.223. The van der Waals surface area contributed by atoms with Crippen LogP contribution in [0.4, 0.5) is 10.6 Å². The molecule has 5 rings (SSSR count). The fourth-order valence-corrected chi connectivity index (χ4v) is 6.06. The van der Waals surface area contributed by atoms with Crippen LogP contribution >= 0.6 is 22.7 Å². The van der Waals surface area contributed by atoms with Crippen molar-refractivity contribution in [3.63, 3.8) is 0 Å². The standard InChI is InChI=1S/C24H17N5O4S2/c1-14(15-5-3-2-4-6-15)33-23(32)26-21-17(27-28-29(21)13-25)8-7-16-11-18-19(34-16)12-20(35-18)24(9-10-24)22(30)31/h2-6,11-12,14H,9-10H2,1H3,(H,26,32)(H,30,31). The molecule has 1 amide bonds. The van der Waals surface area contributed by atoms with Crippen molar-refractivity contribution in [1.82, 2.24) is 15.0 Å². The maximum atomic E-state index is 12.4. The van der Waals surface area contributed by atoms with Gasteiger partial charge < -0.3 is 9.84 Å². The molecule has 1 saturated carbocycles. The highest BCUT2D eigenvalue weighted by Gasteiger charge is 2.53. The summed E-state index contributed by atoms with van der Waals surface area (Å²) >= 11 is 2.92. The van der Waals surface area contributed by atoms with Gasteiger partial charge in [0, 0.05) is 14.3 Å². The molecule has 0 bridgehead atoms. The molecule has 11 heteroatoms. The van der Waals surface area contributed by atoms with Gasteiger partial charge in [-0.1, -0.05) is 30.3 Å². The molecule has 2 N–H and O–H groups in total. The number of ether oxygens (including phenoxy) is 1. The highest BCUT2D eigenvalue weighted by Crippen LogP contribution is 2.52. The lowest BCUT2D eigenvalue weighted by Crippen LogP contribution is -2.18. The average Bonchev–Trinajstić information content (AvgIpc) is 3.24. The second-order valence-electron chi connectivity index (χ2n) is 7.97. The number of nitriles is 1. The monoisotopic (exact) mass is 503 g/mol. The van der Waals surface area contributed by atoms with Crippen molar-refractivity contribution < 1.29 is 19.4 Å². The Morgan fingerprint density at radius 2 is 1.94 bits per heavy atom. The van der Waals surface area contributed by atoms with Gasteiger partial charge in [0.25, 0.3) is 0 Å². The number of rotatable bonds is 5. The predicted molar refractivity (Wildman–Crippen MR) is 130 cm³/mol. The smallest absolute Gasteiger partial charge is 0.413 e. The number of fused-ring (bicyclic) bond motifs is 1. The van der Waals surface area contributed by atoms with Crippen LogP contribution in [0.15, 0.2) is 42.5 Å². The van der Waals surface area contributed by atoms with Gasteiger partial charge in [-0.05, 0) is 54.5 Å². The van der Waals surface area contributed by atoms with Gasteiger partial charge >= 0.3 is 12.1 Å². The number of benzene rings is 1. The highest BCUT2D eigenvalue weighted by atomic mass is 32.1. The van der Waals surface area contributed by atoms with E-state index in [-0.39, 0.29) is 11.5 Å². The van der Waals surface area contributed by atoms with Crippen LogP contribution in [0.2, 0.25) is 0 Å². The van der Waals surface area contributed by atoms with Crippen molar-refractivity contribution in [3.05, 3.63) is 63.5 Å². The molecular formula is C24H17N5O4S2. The van der Waals surface area contributed by atoms with E-state index >= 15 is 0 Å². The summed E-state index contributed by atoms with van der Waals surface area (Å²) in [6, 6.07) is 13.1. The molecule has 1 fully saturated rings. The van der Waals surface area contributed by atoms with E-state index in [1.54, 1.807) is 6.92 Å². The molecule has 35 heavy (non-hydrogen) atoms. The van der Waals surface area contributed by atoms with Crippen molar-refractivity contribution in [3.8, 4) is 18.0 Å². The first kappa shape index (κ1) is 22.6. The SMILES string of the molecule is CC(OC(=O)Nc1c(C#Cc2cc3sc(C4(C(=O)O)CC4)cc3s2)nnn1C#N)c1ccccc1. The first-order valence-corrected chi connectivity index (χ1v) is 12.2. The van der Waals surface area contributed by atoms with E-state index in [4.69, 9.17) is 4.74 Å². The summed E-state index contributed by atoms with van der Waals surface area (Å²) in [5.74, 6) is 5.09. The average molecular weight is 504 g/mol. The number of carboxylic acid groups (broad SMARTS) is 1. The number of hydrogen-bond acceptors (Lipinski definition) is 8. The molecule has 9 nitrogen and oxygen atoms in total. The normalized spacial score (nSPS) is 14.4. The molecule has 3 aromatic heterocycles. The molecule has 0 saturated heterocycles. The maximum absolute atomic E-state index is 12.4. The van der Waals surface area contributed by atoms with Crippen LogP contribution in [0.5, 0.6) is 0 Å². The highest BCUT2D eigenvalue weighted by molar-refractivity contribution is 7.28. The van der Waals surface area contributed by atoms with E-state index in [1.807, 2.05) is 48.7 Å². The van der Waals surface area contributed by atoms with Crippen molar-refractivity contribution in [2.45, 2.75) is 31.3 Å². The zero-order chi connectivity index (χ0) is 24.6. The quantitative estimate of drug-likeness (QED) is 0.377. The van der Waals surface area contributed by atoms with E-state index in [1.165, 1.54) is 22.7 Å². The predicted octanol–water partition coefficient (Wildman–Crippen LogP) is 4.71. The van der Waals surface area contributed by atoms with Gasteiger partial charge in [-0.2, -0.15) is 5.26 Å². The first-order valence-electron chi connectivity index (χ1n) is 10.6. The van der Waals surface area contributed by atoms with E-state index in [0.29, 0.717) is 12.8 Å². The number of nitrogens with zero attached hydrogens (tertiary/aromatic N) is 4. The molecular weight excluding hydrogens is 486 g/mol. The van der Waals surface area contributed by atoms with E-state index in [2.05, 4.69) is 27.5 Å². The van der Waals surface area contributed by atoms with Crippen LogP contribution in [0.3, 0.4) is 0 Å². The zero-order valence-electron chi connectivity index (χ0n) is 18.3. The third-order valence-corrected chi connectivity index (χ3v) is 8.09. The fourth-order valence-electron chi connectivity index (χ4n) is 3.57. The number of nitrogens with one attached hydrogen (secondary N) is 1. The van der Waals surface area contributed by atoms with Gasteiger partial charge in [-0.3, -0.25) is 10.1 Å². The Morgan fingerprint density at radius 1 is 1.20 bits per heavy atom. The van der Waals surface area contributed by atoms with Gasteiger partial charge in [0.05, 0.1) is 4.88 Å². The molecule has 174 valence electrons. The largest absolute Gasteiger partial charge is 0.481 e. The lowest BCUT2D eigenvalue weighted by atomic mass is 10.1. The van der Waals surface area contributed by atoms with Gasteiger partial charge in [0.2, 0.25) is 6.19 Å². The number of aliphatic carboxylic acids is 1. The zero-order valence-corrected chi connectivity index (χ0v) is 19.9. The van der Waals surface area contributed by atoms with Crippen LogP contribution in [-0.2, 0) is 14.9 Å². The Labute approximate surface area is 207 Å². The van der Waals surface area contributed by atoms with Crippen LogP contribution in [-0.4, -0.2) is 32.2 Å². The Hall–Kier alpha value is -4.19. The molecule has 0 aliphatic heterocycles. The Bertz CT molecular complexity index is 1520. The minimum Gasteiger partial charge on any atom is -0.481 e. The van der Waals surface area contributed by atoms with Gasteiger partial charge in [-0.15, -0.1) is 32.5 Å². The summed E-state index contributed by atoms with van der Waals surface area (Å²) in [6.45, 7) is 1.74. The number of amides is 1. The van der Waals surface area contributed by atoms with Crippen LogP contribution in [0.25, 0.3) is 9.40 Å². The van der Waals surface area contributed by atoms with E-state index < -0.39 is 23.6 Å². The molecule has 4 aromatic rings. The number of anilines is 1. The van der Waals surface area contributed by atoms with Crippen molar-refractivity contribution >= 4 is 50.0 Å². The van der Waals surface area contributed by atoms with Crippen molar-refractivity contribution in [1.29, 1.82) is 5.26 Å².